The van der Waals surface area contributed by atoms with Crippen LogP contribution in [0.1, 0.15) is 28.4 Å². The van der Waals surface area contributed by atoms with Crippen LogP contribution < -0.4 is 10.2 Å². The Morgan fingerprint density at radius 2 is 1.78 bits per heavy atom. The highest BCUT2D eigenvalue weighted by Crippen LogP contribution is 2.15. The molecule has 0 heterocycles. The molecule has 2 amide bonds. The van der Waals surface area contributed by atoms with E-state index in [0.29, 0.717) is 18.7 Å². The predicted octanol–water partition coefficient (Wildman–Crippen LogP) is 3.09. The van der Waals surface area contributed by atoms with E-state index < -0.39 is 0 Å². The van der Waals surface area contributed by atoms with Crippen LogP contribution >= 0.6 is 0 Å². The molecule has 1 N–H and O–H groups in total. The lowest BCUT2D eigenvalue weighted by molar-refractivity contribution is -0.116. The maximum atomic E-state index is 12.2. The third-order valence-corrected chi connectivity index (χ3v) is 3.70. The van der Waals surface area contributed by atoms with E-state index in [4.69, 9.17) is 0 Å². The molecule has 2 rings (SSSR count). The van der Waals surface area contributed by atoms with Gasteiger partial charge in [-0.05, 0) is 43.2 Å². The largest absolute Gasteiger partial charge is 0.350 e. The SMILES string of the molecule is CC(=O)N(CCNC(=O)c1ccccc1C)c1cccc(C)c1. The number of benzene rings is 2. The minimum absolute atomic E-state index is 0.0410. The van der Waals surface area contributed by atoms with Gasteiger partial charge in [-0.3, -0.25) is 9.59 Å². The number of amides is 2. The third kappa shape index (κ3) is 4.42. The molecule has 4 nitrogen and oxygen atoms in total. The molecular formula is C19H22N2O2. The van der Waals surface area contributed by atoms with E-state index >= 15 is 0 Å². The van der Waals surface area contributed by atoms with E-state index in [1.54, 1.807) is 11.0 Å². The Kier molecular flexibility index (Phi) is 5.52. The number of aryl methyl sites for hydroxylation is 2. The minimum atomic E-state index is -0.115. The zero-order valence-electron chi connectivity index (χ0n) is 13.8. The molecule has 0 atom stereocenters. The number of hydrogen-bond acceptors (Lipinski definition) is 2. The first kappa shape index (κ1) is 16.7. The normalized spacial score (nSPS) is 10.2. The Morgan fingerprint density at radius 1 is 1.04 bits per heavy atom. The highest BCUT2D eigenvalue weighted by atomic mass is 16.2. The quantitative estimate of drug-likeness (QED) is 0.922. The molecule has 0 aliphatic rings. The number of hydrogen-bond donors (Lipinski definition) is 1. The standard InChI is InChI=1S/C19H22N2O2/c1-14-7-6-9-17(13-14)21(16(3)22)12-11-20-19(23)18-10-5-4-8-15(18)2/h4-10,13H,11-12H2,1-3H3,(H,20,23). The molecule has 0 spiro atoms. The third-order valence-electron chi connectivity index (χ3n) is 3.70. The molecule has 0 saturated carbocycles. The summed E-state index contributed by atoms with van der Waals surface area (Å²) in [5.74, 6) is -0.156. The van der Waals surface area contributed by atoms with Crippen LogP contribution in [0, 0.1) is 13.8 Å². The summed E-state index contributed by atoms with van der Waals surface area (Å²) < 4.78 is 0. The summed E-state index contributed by atoms with van der Waals surface area (Å²) in [5, 5.41) is 2.88. The lowest BCUT2D eigenvalue weighted by Crippen LogP contribution is -2.37. The monoisotopic (exact) mass is 310 g/mol. The zero-order valence-corrected chi connectivity index (χ0v) is 13.8. The Balaban J connectivity index is 1.99. The summed E-state index contributed by atoms with van der Waals surface area (Å²) in [4.78, 5) is 25.7. The second-order valence-corrected chi connectivity index (χ2v) is 5.58. The van der Waals surface area contributed by atoms with Gasteiger partial charge in [-0.25, -0.2) is 0 Å². The molecule has 0 bridgehead atoms. The van der Waals surface area contributed by atoms with E-state index in [9.17, 15) is 9.59 Å². The van der Waals surface area contributed by atoms with Crippen LogP contribution in [-0.2, 0) is 4.79 Å². The van der Waals surface area contributed by atoms with Gasteiger partial charge in [-0.15, -0.1) is 0 Å². The Morgan fingerprint density at radius 3 is 2.43 bits per heavy atom. The van der Waals surface area contributed by atoms with Gasteiger partial charge in [0.25, 0.3) is 5.91 Å². The number of rotatable bonds is 5. The Bertz CT molecular complexity index is 710. The summed E-state index contributed by atoms with van der Waals surface area (Å²) >= 11 is 0. The van der Waals surface area contributed by atoms with Crippen LogP contribution in [0.3, 0.4) is 0 Å². The number of nitrogens with zero attached hydrogens (tertiary/aromatic N) is 1. The van der Waals surface area contributed by atoms with Crippen molar-refractivity contribution in [2.45, 2.75) is 20.8 Å². The van der Waals surface area contributed by atoms with Crippen LogP contribution in [0.25, 0.3) is 0 Å². The number of carbonyl (C=O) groups is 2. The fourth-order valence-corrected chi connectivity index (χ4v) is 2.47. The van der Waals surface area contributed by atoms with Crippen LogP contribution in [-0.4, -0.2) is 24.9 Å². The van der Waals surface area contributed by atoms with Crippen molar-refractivity contribution in [1.82, 2.24) is 5.32 Å². The highest BCUT2D eigenvalue weighted by molar-refractivity contribution is 5.96. The van der Waals surface area contributed by atoms with Gasteiger partial charge in [-0.1, -0.05) is 30.3 Å². The maximum Gasteiger partial charge on any atom is 0.251 e. The predicted molar refractivity (Wildman–Crippen MR) is 92.7 cm³/mol. The smallest absolute Gasteiger partial charge is 0.251 e. The van der Waals surface area contributed by atoms with Crippen LogP contribution in [0.15, 0.2) is 48.5 Å². The Hall–Kier alpha value is -2.62. The second kappa shape index (κ2) is 7.58. The topological polar surface area (TPSA) is 49.4 Å². The fourth-order valence-electron chi connectivity index (χ4n) is 2.47. The molecule has 0 unspecified atom stereocenters. The van der Waals surface area contributed by atoms with Gasteiger partial charge >= 0.3 is 0 Å². The molecule has 2 aromatic carbocycles. The average molecular weight is 310 g/mol. The van der Waals surface area contributed by atoms with Crippen molar-refractivity contribution in [2.75, 3.05) is 18.0 Å². The molecule has 4 heteroatoms. The molecule has 23 heavy (non-hydrogen) atoms. The summed E-state index contributed by atoms with van der Waals surface area (Å²) in [6, 6.07) is 15.2. The lowest BCUT2D eigenvalue weighted by atomic mass is 10.1. The minimum Gasteiger partial charge on any atom is -0.350 e. The van der Waals surface area contributed by atoms with Crippen LogP contribution in [0.4, 0.5) is 5.69 Å². The number of carbonyl (C=O) groups excluding carboxylic acids is 2. The van der Waals surface area contributed by atoms with Crippen molar-refractivity contribution in [1.29, 1.82) is 0 Å². The van der Waals surface area contributed by atoms with Gasteiger partial charge in [0.2, 0.25) is 5.91 Å². The van der Waals surface area contributed by atoms with Gasteiger partial charge in [-0.2, -0.15) is 0 Å². The summed E-state index contributed by atoms with van der Waals surface area (Å²) in [7, 11) is 0. The van der Waals surface area contributed by atoms with Gasteiger partial charge in [0.1, 0.15) is 0 Å². The van der Waals surface area contributed by atoms with Crippen LogP contribution in [0.5, 0.6) is 0 Å². The number of anilines is 1. The van der Waals surface area contributed by atoms with Crippen molar-refractivity contribution >= 4 is 17.5 Å². The van der Waals surface area contributed by atoms with Crippen molar-refractivity contribution in [3.8, 4) is 0 Å². The van der Waals surface area contributed by atoms with Gasteiger partial charge in [0.05, 0.1) is 0 Å². The van der Waals surface area contributed by atoms with Crippen LogP contribution in [0.2, 0.25) is 0 Å². The number of nitrogens with one attached hydrogen (secondary N) is 1. The summed E-state index contributed by atoms with van der Waals surface area (Å²) in [5.41, 5.74) is 3.55. The molecular weight excluding hydrogens is 288 g/mol. The average Bonchev–Trinajstić information content (AvgIpc) is 2.51. The molecule has 0 aliphatic carbocycles. The van der Waals surface area contributed by atoms with Gasteiger partial charge < -0.3 is 10.2 Å². The van der Waals surface area contributed by atoms with Crippen molar-refractivity contribution < 1.29 is 9.59 Å². The van der Waals surface area contributed by atoms with Gasteiger partial charge in [0.15, 0.2) is 0 Å². The van der Waals surface area contributed by atoms with Gasteiger partial charge in [0, 0.05) is 31.3 Å². The maximum absolute atomic E-state index is 12.2. The molecule has 0 saturated heterocycles. The molecule has 2 aromatic rings. The first-order valence-corrected chi connectivity index (χ1v) is 7.67. The van der Waals surface area contributed by atoms with E-state index in [0.717, 1.165) is 16.8 Å². The summed E-state index contributed by atoms with van der Waals surface area (Å²) in [6.07, 6.45) is 0. The zero-order chi connectivity index (χ0) is 16.8. The fraction of sp³-hybridized carbons (Fsp3) is 0.263. The summed E-state index contributed by atoms with van der Waals surface area (Å²) in [6.45, 7) is 6.27. The molecule has 0 fully saturated rings. The van der Waals surface area contributed by atoms with E-state index in [2.05, 4.69) is 5.32 Å². The van der Waals surface area contributed by atoms with E-state index in [1.807, 2.05) is 56.3 Å². The van der Waals surface area contributed by atoms with Crippen molar-refractivity contribution in [3.05, 3.63) is 65.2 Å². The highest BCUT2D eigenvalue weighted by Gasteiger charge is 2.13. The Labute approximate surface area is 137 Å². The van der Waals surface area contributed by atoms with Crippen molar-refractivity contribution in [2.24, 2.45) is 0 Å². The molecule has 0 aromatic heterocycles. The molecule has 0 radical (unpaired) electrons. The first-order valence-electron chi connectivity index (χ1n) is 7.67. The van der Waals surface area contributed by atoms with Crippen molar-refractivity contribution in [3.63, 3.8) is 0 Å². The van der Waals surface area contributed by atoms with E-state index in [1.165, 1.54) is 6.92 Å². The second-order valence-electron chi connectivity index (χ2n) is 5.58. The lowest BCUT2D eigenvalue weighted by Gasteiger charge is -2.22. The molecule has 0 aliphatic heterocycles. The van der Waals surface area contributed by atoms with E-state index in [-0.39, 0.29) is 11.8 Å². The molecule has 120 valence electrons. The first-order chi connectivity index (χ1) is 11.0.